The van der Waals surface area contributed by atoms with E-state index in [9.17, 15) is 9.90 Å². The van der Waals surface area contributed by atoms with Crippen LogP contribution in [0.2, 0.25) is 0 Å². The minimum absolute atomic E-state index is 0.224. The zero-order valence-electron chi connectivity index (χ0n) is 14.6. The first-order chi connectivity index (χ1) is 11.6. The third kappa shape index (κ3) is 2.49. The molecule has 6 atom stereocenters. The molecule has 0 aliphatic heterocycles. The smallest absolute Gasteiger partial charge is 0.139 e. The topological polar surface area (TPSA) is 37.3 Å². The Bertz CT molecular complexity index is 562. The quantitative estimate of drug-likeness (QED) is 0.457. The summed E-state index contributed by atoms with van der Waals surface area (Å²) in [5, 5.41) is 11.9. The number of allylic oxidation sites excluding steroid dienone is 2. The normalized spacial score (nSPS) is 47.6. The zero-order valence-corrected chi connectivity index (χ0v) is 17.6. The molecule has 3 saturated carbocycles. The van der Waals surface area contributed by atoms with Crippen LogP contribution in [0.3, 0.4) is 0 Å². The summed E-state index contributed by atoms with van der Waals surface area (Å²) < 4.78 is 0. The number of fused-ring (bicyclic) bond motifs is 5. The molecule has 134 valence electrons. The minimum Gasteiger partial charge on any atom is -0.389 e. The second-order valence-electron chi connectivity index (χ2n) is 8.66. The molecule has 0 bridgehead atoms. The van der Waals surface area contributed by atoms with Gasteiger partial charge in [0.2, 0.25) is 0 Å². The van der Waals surface area contributed by atoms with Crippen LogP contribution in [0.5, 0.6) is 0 Å². The second kappa shape index (κ2) is 6.56. The number of Topliss-reactive ketones (excluding diaryl/α,β-unsaturated/α-hetero) is 1. The lowest BCUT2D eigenvalue weighted by atomic mass is 9.47. The van der Waals surface area contributed by atoms with Crippen LogP contribution in [-0.4, -0.2) is 22.2 Å². The summed E-state index contributed by atoms with van der Waals surface area (Å²) in [5.41, 5.74) is 0.746. The predicted molar refractivity (Wildman–Crippen MR) is 108 cm³/mol. The summed E-state index contributed by atoms with van der Waals surface area (Å²) in [7, 11) is 1.74. The molecule has 4 aliphatic rings. The summed E-state index contributed by atoms with van der Waals surface area (Å²) in [4.78, 5) is 12.9. The van der Waals surface area contributed by atoms with E-state index < -0.39 is 5.60 Å². The summed E-state index contributed by atoms with van der Waals surface area (Å²) in [6, 6.07) is 0. The van der Waals surface area contributed by atoms with Crippen molar-refractivity contribution < 1.29 is 9.90 Å². The SMILES string of the molecule is CCC12CC(O)(CSI)C3C4CCCC=C4CCC3C1CCC2=O. The van der Waals surface area contributed by atoms with E-state index in [0.29, 0.717) is 29.5 Å². The highest BCUT2D eigenvalue weighted by atomic mass is 127. The van der Waals surface area contributed by atoms with Gasteiger partial charge in [-0.2, -0.15) is 0 Å². The number of rotatable bonds is 3. The largest absolute Gasteiger partial charge is 0.389 e. The van der Waals surface area contributed by atoms with Crippen molar-refractivity contribution in [2.75, 3.05) is 5.75 Å². The molecular weight excluding hydrogens is 431 g/mol. The average molecular weight is 460 g/mol. The number of carbonyl (C=O) groups excluding carboxylic acids is 1. The Balaban J connectivity index is 1.78. The molecule has 0 aromatic rings. The predicted octanol–water partition coefficient (Wildman–Crippen LogP) is 5.33. The Morgan fingerprint density at radius 1 is 1.33 bits per heavy atom. The summed E-state index contributed by atoms with van der Waals surface area (Å²) in [6.45, 7) is 2.18. The monoisotopic (exact) mass is 460 g/mol. The first-order valence-corrected chi connectivity index (χ1v) is 13.3. The second-order valence-corrected chi connectivity index (χ2v) is 11.0. The van der Waals surface area contributed by atoms with Gasteiger partial charge in [-0.05, 0) is 96.2 Å². The van der Waals surface area contributed by atoms with E-state index in [1.807, 2.05) is 0 Å². The Morgan fingerprint density at radius 2 is 2.17 bits per heavy atom. The van der Waals surface area contributed by atoms with E-state index in [0.717, 1.165) is 31.4 Å². The van der Waals surface area contributed by atoms with E-state index in [2.05, 4.69) is 34.2 Å². The van der Waals surface area contributed by atoms with E-state index in [1.165, 1.54) is 32.1 Å². The van der Waals surface area contributed by atoms with Gasteiger partial charge in [-0.25, -0.2) is 0 Å². The molecule has 1 N–H and O–H groups in total. The van der Waals surface area contributed by atoms with Crippen molar-refractivity contribution in [1.82, 2.24) is 0 Å². The van der Waals surface area contributed by atoms with Crippen LogP contribution in [0.1, 0.15) is 64.7 Å². The highest BCUT2D eigenvalue weighted by Gasteiger charge is 2.64. The lowest BCUT2D eigenvalue weighted by molar-refractivity contribution is -0.166. The van der Waals surface area contributed by atoms with Gasteiger partial charge in [-0.15, -0.1) is 0 Å². The molecule has 6 unspecified atom stereocenters. The molecule has 4 heteroatoms. The minimum atomic E-state index is -0.662. The van der Waals surface area contributed by atoms with Crippen LogP contribution >= 0.6 is 30.1 Å². The van der Waals surface area contributed by atoms with Crippen LogP contribution in [0.25, 0.3) is 0 Å². The number of aliphatic hydroxyl groups is 1. The standard InChI is InChI=1S/C20H29IO2S/c1-2-19-11-20(23,12-24-21)18-14-6-4-3-5-13(14)7-8-15(18)16(19)9-10-17(19)22/h5,14-16,18,23H,2-4,6-12H2,1H3. The van der Waals surface area contributed by atoms with Gasteiger partial charge in [0.25, 0.3) is 0 Å². The summed E-state index contributed by atoms with van der Waals surface area (Å²) in [6.07, 6.45) is 12.1. The third-order valence-electron chi connectivity index (χ3n) is 7.90. The Hall–Kier alpha value is 0.450. The first-order valence-electron chi connectivity index (χ1n) is 9.74. The highest BCUT2D eigenvalue weighted by molar-refractivity contribution is 14.2. The lowest BCUT2D eigenvalue weighted by Crippen LogP contribution is -2.61. The van der Waals surface area contributed by atoms with E-state index in [-0.39, 0.29) is 5.41 Å². The molecule has 0 spiro atoms. The maximum atomic E-state index is 12.9. The van der Waals surface area contributed by atoms with Gasteiger partial charge in [0.15, 0.2) is 0 Å². The lowest BCUT2D eigenvalue weighted by Gasteiger charge is -2.59. The zero-order chi connectivity index (χ0) is 16.9. The average Bonchev–Trinajstić information content (AvgIpc) is 2.91. The van der Waals surface area contributed by atoms with Crippen LogP contribution in [0.4, 0.5) is 0 Å². The molecule has 0 aromatic heterocycles. The number of halogens is 1. The number of hydrogen-bond acceptors (Lipinski definition) is 3. The molecular formula is C20H29IO2S. The summed E-state index contributed by atoms with van der Waals surface area (Å²) >= 11 is 2.33. The fourth-order valence-electron chi connectivity index (χ4n) is 7.06. The fourth-order valence-corrected chi connectivity index (χ4v) is 9.16. The van der Waals surface area contributed by atoms with Crippen LogP contribution < -0.4 is 0 Å². The maximum absolute atomic E-state index is 12.9. The Kier molecular flexibility index (Phi) is 4.88. The Labute approximate surface area is 162 Å². The Morgan fingerprint density at radius 3 is 2.92 bits per heavy atom. The highest BCUT2D eigenvalue weighted by Crippen LogP contribution is 2.65. The molecule has 0 heterocycles. The van der Waals surface area contributed by atoms with Crippen molar-refractivity contribution >= 4 is 35.9 Å². The molecule has 4 rings (SSSR count). The van der Waals surface area contributed by atoms with E-state index >= 15 is 0 Å². The maximum Gasteiger partial charge on any atom is 0.139 e. The number of ketones is 1. The van der Waals surface area contributed by atoms with Gasteiger partial charge in [-0.3, -0.25) is 4.79 Å². The van der Waals surface area contributed by atoms with Crippen molar-refractivity contribution in [3.05, 3.63) is 11.6 Å². The van der Waals surface area contributed by atoms with Crippen molar-refractivity contribution in [3.8, 4) is 0 Å². The van der Waals surface area contributed by atoms with E-state index in [4.69, 9.17) is 0 Å². The molecule has 0 radical (unpaired) electrons. The van der Waals surface area contributed by atoms with Crippen molar-refractivity contribution in [3.63, 3.8) is 0 Å². The molecule has 0 saturated heterocycles. The van der Waals surface area contributed by atoms with E-state index in [1.54, 1.807) is 14.5 Å². The van der Waals surface area contributed by atoms with Crippen LogP contribution in [-0.2, 0) is 4.79 Å². The van der Waals surface area contributed by atoms with Crippen molar-refractivity contribution in [2.24, 2.45) is 29.1 Å². The molecule has 0 amide bonds. The molecule has 2 nitrogen and oxygen atoms in total. The molecule has 0 aromatic carbocycles. The fraction of sp³-hybridized carbons (Fsp3) is 0.850. The first kappa shape index (κ1) is 17.8. The van der Waals surface area contributed by atoms with Gasteiger partial charge in [0.1, 0.15) is 5.78 Å². The molecule has 4 aliphatic carbocycles. The molecule has 3 fully saturated rings. The van der Waals surface area contributed by atoms with Gasteiger partial charge in [-0.1, -0.05) is 27.5 Å². The van der Waals surface area contributed by atoms with Gasteiger partial charge < -0.3 is 5.11 Å². The van der Waals surface area contributed by atoms with Crippen LogP contribution in [0, 0.1) is 29.1 Å². The summed E-state index contributed by atoms with van der Waals surface area (Å²) in [5.74, 6) is 3.28. The third-order valence-corrected chi connectivity index (χ3v) is 9.45. The van der Waals surface area contributed by atoms with Gasteiger partial charge >= 0.3 is 0 Å². The molecule has 24 heavy (non-hydrogen) atoms. The van der Waals surface area contributed by atoms with Crippen molar-refractivity contribution in [2.45, 2.75) is 70.3 Å². The van der Waals surface area contributed by atoms with Gasteiger partial charge in [0.05, 0.1) is 5.60 Å². The number of hydrogen-bond donors (Lipinski definition) is 1. The van der Waals surface area contributed by atoms with Gasteiger partial charge in [0, 0.05) is 17.6 Å². The van der Waals surface area contributed by atoms with Crippen molar-refractivity contribution in [1.29, 1.82) is 0 Å². The number of carbonyl (C=O) groups is 1. The van der Waals surface area contributed by atoms with Crippen LogP contribution in [0.15, 0.2) is 11.6 Å².